The van der Waals surface area contributed by atoms with Gasteiger partial charge in [0.15, 0.2) is 0 Å². The van der Waals surface area contributed by atoms with Crippen LogP contribution in [0, 0.1) is 0 Å². The molecule has 0 radical (unpaired) electrons. The highest BCUT2D eigenvalue weighted by Gasteiger charge is 2.23. The van der Waals surface area contributed by atoms with Crippen LogP contribution in [0.1, 0.15) is 22.3 Å². The number of rotatable bonds is 9. The molecule has 0 aliphatic rings. The zero-order valence-electron chi connectivity index (χ0n) is 16.8. The third-order valence-corrected chi connectivity index (χ3v) is 5.69. The SMILES string of the molecule is CSCCC(NC(=O)c1ccc(Cl)cc1Cl)C(=O)Nc1cnn(Cc2ccccc2)c1. The van der Waals surface area contributed by atoms with Gasteiger partial charge in [-0.1, -0.05) is 53.5 Å². The molecule has 1 unspecified atom stereocenters. The van der Waals surface area contributed by atoms with Gasteiger partial charge in [-0.05, 0) is 42.2 Å². The molecule has 0 saturated heterocycles. The van der Waals surface area contributed by atoms with Crippen molar-refractivity contribution < 1.29 is 9.59 Å². The van der Waals surface area contributed by atoms with Crippen LogP contribution in [0.2, 0.25) is 10.0 Å². The van der Waals surface area contributed by atoms with Crippen molar-refractivity contribution in [2.24, 2.45) is 0 Å². The lowest BCUT2D eigenvalue weighted by molar-refractivity contribution is -0.118. The minimum Gasteiger partial charge on any atom is -0.340 e. The molecule has 6 nitrogen and oxygen atoms in total. The normalized spacial score (nSPS) is 11.7. The van der Waals surface area contributed by atoms with Crippen LogP contribution in [0.3, 0.4) is 0 Å². The number of carbonyl (C=O) groups is 2. The van der Waals surface area contributed by atoms with E-state index in [-0.39, 0.29) is 16.5 Å². The number of amides is 2. The van der Waals surface area contributed by atoms with Gasteiger partial charge in [0.05, 0.1) is 29.0 Å². The highest BCUT2D eigenvalue weighted by Crippen LogP contribution is 2.21. The number of anilines is 1. The Morgan fingerprint density at radius 1 is 1.16 bits per heavy atom. The number of thioether (sulfide) groups is 1. The van der Waals surface area contributed by atoms with Crippen molar-refractivity contribution in [3.05, 3.63) is 82.1 Å². The number of halogens is 2. The number of aromatic nitrogens is 2. The molecule has 0 bridgehead atoms. The molecule has 1 aromatic heterocycles. The summed E-state index contributed by atoms with van der Waals surface area (Å²) in [6.45, 7) is 0.596. The molecule has 0 aliphatic carbocycles. The van der Waals surface area contributed by atoms with E-state index < -0.39 is 11.9 Å². The molecule has 9 heteroatoms. The summed E-state index contributed by atoms with van der Waals surface area (Å²) in [6, 6.07) is 13.8. The molecular weight excluding hydrogens is 455 g/mol. The van der Waals surface area contributed by atoms with Crippen LogP contribution in [0.25, 0.3) is 0 Å². The summed E-state index contributed by atoms with van der Waals surface area (Å²) in [5.74, 6) is -0.0329. The molecule has 3 rings (SSSR count). The van der Waals surface area contributed by atoms with Crippen LogP contribution in [0.15, 0.2) is 60.9 Å². The number of hydrogen-bond donors (Lipinski definition) is 2. The van der Waals surface area contributed by atoms with E-state index in [2.05, 4.69) is 15.7 Å². The standard InChI is InChI=1S/C22H22Cl2N4O2S/c1-31-10-9-20(27-21(29)18-8-7-16(23)11-19(18)24)22(30)26-17-12-25-28(14-17)13-15-5-3-2-4-6-15/h2-8,11-12,14,20H,9-10,13H2,1H3,(H,26,30)(H,27,29). The Bertz CT molecular complexity index is 1040. The molecule has 2 N–H and O–H groups in total. The highest BCUT2D eigenvalue weighted by molar-refractivity contribution is 7.98. The lowest BCUT2D eigenvalue weighted by Gasteiger charge is -2.18. The van der Waals surface area contributed by atoms with Gasteiger partial charge in [-0.15, -0.1) is 0 Å². The summed E-state index contributed by atoms with van der Waals surface area (Å²) in [4.78, 5) is 25.5. The van der Waals surface area contributed by atoms with Crippen molar-refractivity contribution in [2.75, 3.05) is 17.3 Å². The van der Waals surface area contributed by atoms with Gasteiger partial charge in [0.25, 0.3) is 5.91 Å². The topological polar surface area (TPSA) is 76.0 Å². The molecular formula is C22H22Cl2N4O2S. The van der Waals surface area contributed by atoms with Crippen molar-refractivity contribution >= 4 is 52.5 Å². The molecule has 0 spiro atoms. The Labute approximate surface area is 195 Å². The zero-order chi connectivity index (χ0) is 22.2. The fourth-order valence-corrected chi connectivity index (χ4v) is 3.89. The monoisotopic (exact) mass is 476 g/mol. The molecule has 3 aromatic rings. The molecule has 0 saturated carbocycles. The summed E-state index contributed by atoms with van der Waals surface area (Å²) < 4.78 is 1.74. The summed E-state index contributed by atoms with van der Waals surface area (Å²) in [5, 5.41) is 10.6. The van der Waals surface area contributed by atoms with Gasteiger partial charge in [0, 0.05) is 11.2 Å². The first-order valence-electron chi connectivity index (χ1n) is 9.58. The predicted octanol–water partition coefficient (Wildman–Crippen LogP) is 4.73. The third-order valence-electron chi connectivity index (χ3n) is 4.50. The Morgan fingerprint density at radius 3 is 2.65 bits per heavy atom. The number of benzene rings is 2. The first-order chi connectivity index (χ1) is 15.0. The fraction of sp³-hybridized carbons (Fsp3) is 0.227. The number of hydrogen-bond acceptors (Lipinski definition) is 4. The third kappa shape index (κ3) is 6.75. The van der Waals surface area contributed by atoms with E-state index >= 15 is 0 Å². The van der Waals surface area contributed by atoms with Crippen molar-refractivity contribution in [1.82, 2.24) is 15.1 Å². The van der Waals surface area contributed by atoms with E-state index in [0.29, 0.717) is 29.4 Å². The average Bonchev–Trinajstić information content (AvgIpc) is 3.18. The van der Waals surface area contributed by atoms with Gasteiger partial charge in [0.2, 0.25) is 5.91 Å². The van der Waals surface area contributed by atoms with Gasteiger partial charge in [0.1, 0.15) is 6.04 Å². The Hall–Kier alpha value is -2.48. The average molecular weight is 477 g/mol. The van der Waals surface area contributed by atoms with E-state index in [1.54, 1.807) is 34.9 Å². The summed E-state index contributed by atoms with van der Waals surface area (Å²) in [5.41, 5.74) is 1.94. The second-order valence-corrected chi connectivity index (χ2v) is 8.66. The second-order valence-electron chi connectivity index (χ2n) is 6.83. The maximum absolute atomic E-state index is 12.9. The van der Waals surface area contributed by atoms with Crippen LogP contribution >= 0.6 is 35.0 Å². The number of carbonyl (C=O) groups excluding carboxylic acids is 2. The predicted molar refractivity (Wildman–Crippen MR) is 127 cm³/mol. The molecule has 0 aliphatic heterocycles. The van der Waals surface area contributed by atoms with Crippen molar-refractivity contribution in [3.8, 4) is 0 Å². The van der Waals surface area contributed by atoms with Crippen LogP contribution in [-0.2, 0) is 11.3 Å². The fourth-order valence-electron chi connectivity index (χ4n) is 2.93. The van der Waals surface area contributed by atoms with E-state index in [4.69, 9.17) is 23.2 Å². The first kappa shape index (κ1) is 23.2. The van der Waals surface area contributed by atoms with Gasteiger partial charge in [-0.25, -0.2) is 0 Å². The van der Waals surface area contributed by atoms with Crippen molar-refractivity contribution in [1.29, 1.82) is 0 Å². The van der Waals surface area contributed by atoms with Crippen LogP contribution < -0.4 is 10.6 Å². The molecule has 1 heterocycles. The van der Waals surface area contributed by atoms with Gasteiger partial charge >= 0.3 is 0 Å². The van der Waals surface area contributed by atoms with Gasteiger partial charge < -0.3 is 10.6 Å². The Morgan fingerprint density at radius 2 is 1.94 bits per heavy atom. The molecule has 162 valence electrons. The molecule has 1 atom stereocenters. The van der Waals surface area contributed by atoms with E-state index in [1.165, 1.54) is 12.1 Å². The van der Waals surface area contributed by atoms with Crippen molar-refractivity contribution in [3.63, 3.8) is 0 Å². The first-order valence-corrected chi connectivity index (χ1v) is 11.7. The smallest absolute Gasteiger partial charge is 0.253 e. The zero-order valence-corrected chi connectivity index (χ0v) is 19.2. The van der Waals surface area contributed by atoms with E-state index in [0.717, 1.165) is 5.56 Å². The minimum absolute atomic E-state index is 0.233. The summed E-state index contributed by atoms with van der Waals surface area (Å²) in [7, 11) is 0. The lowest BCUT2D eigenvalue weighted by atomic mass is 10.1. The molecule has 2 amide bonds. The molecule has 2 aromatic carbocycles. The molecule has 0 fully saturated rings. The number of nitrogens with one attached hydrogen (secondary N) is 2. The van der Waals surface area contributed by atoms with Gasteiger partial charge in [-0.2, -0.15) is 16.9 Å². The summed E-state index contributed by atoms with van der Waals surface area (Å²) >= 11 is 13.6. The number of nitrogens with zero attached hydrogens (tertiary/aromatic N) is 2. The quantitative estimate of drug-likeness (QED) is 0.467. The van der Waals surface area contributed by atoms with E-state index in [9.17, 15) is 9.59 Å². The van der Waals surface area contributed by atoms with Crippen LogP contribution in [0.4, 0.5) is 5.69 Å². The lowest BCUT2D eigenvalue weighted by Crippen LogP contribution is -2.44. The summed E-state index contributed by atoms with van der Waals surface area (Å²) in [6.07, 6.45) is 5.77. The van der Waals surface area contributed by atoms with Gasteiger partial charge in [-0.3, -0.25) is 14.3 Å². The highest BCUT2D eigenvalue weighted by atomic mass is 35.5. The second kappa shape index (κ2) is 11.2. The maximum Gasteiger partial charge on any atom is 0.253 e. The molecule has 31 heavy (non-hydrogen) atoms. The Kier molecular flexibility index (Phi) is 8.40. The van der Waals surface area contributed by atoms with Crippen molar-refractivity contribution in [2.45, 2.75) is 19.0 Å². The Balaban J connectivity index is 1.66. The van der Waals surface area contributed by atoms with E-state index in [1.807, 2.05) is 36.6 Å². The maximum atomic E-state index is 12.9. The van der Waals surface area contributed by atoms with Crippen LogP contribution in [-0.4, -0.2) is 39.6 Å². The largest absolute Gasteiger partial charge is 0.340 e. The minimum atomic E-state index is -0.718. The van der Waals surface area contributed by atoms with Crippen LogP contribution in [0.5, 0.6) is 0 Å².